The van der Waals surface area contributed by atoms with Crippen LogP contribution in [0.4, 0.5) is 0 Å². The minimum Gasteiger partial charge on any atom is -0.306 e. The highest BCUT2D eigenvalue weighted by Gasteiger charge is 2.28. The Morgan fingerprint density at radius 1 is 1.23 bits per heavy atom. The molecule has 2 atom stereocenters. The fourth-order valence-electron chi connectivity index (χ4n) is 5.50. The van der Waals surface area contributed by atoms with E-state index in [1.165, 1.54) is 18.4 Å². The molecule has 0 N–H and O–H groups in total. The van der Waals surface area contributed by atoms with E-state index in [9.17, 15) is 10.1 Å². The first kappa shape index (κ1) is 21.9. The van der Waals surface area contributed by atoms with Crippen molar-refractivity contribution in [1.29, 1.82) is 5.26 Å². The van der Waals surface area contributed by atoms with Crippen molar-refractivity contribution in [3.63, 3.8) is 0 Å². The third-order valence-electron chi connectivity index (χ3n) is 7.17. The zero-order valence-corrected chi connectivity index (χ0v) is 18.9. The largest absolute Gasteiger partial charge is 0.306 e. The van der Waals surface area contributed by atoms with E-state index in [-0.39, 0.29) is 0 Å². The number of hydrogen-bond donors (Lipinski definition) is 0. The van der Waals surface area contributed by atoms with Gasteiger partial charge in [-0.1, -0.05) is 19.1 Å². The highest BCUT2D eigenvalue weighted by molar-refractivity contribution is 5.87. The highest BCUT2D eigenvalue weighted by Crippen LogP contribution is 2.35. The molecule has 4 rings (SSSR count). The molecule has 2 aliphatic rings. The van der Waals surface area contributed by atoms with Crippen LogP contribution in [-0.2, 0) is 4.79 Å². The number of nitrogens with zero attached hydrogens (tertiary/aromatic N) is 4. The number of benzene rings is 1. The molecule has 5 nitrogen and oxygen atoms in total. The molecule has 164 valence electrons. The van der Waals surface area contributed by atoms with Crippen molar-refractivity contribution in [2.24, 2.45) is 11.8 Å². The molecule has 5 heteroatoms. The van der Waals surface area contributed by atoms with Crippen LogP contribution in [0.25, 0.3) is 10.9 Å². The van der Waals surface area contributed by atoms with Gasteiger partial charge in [0.2, 0.25) is 0 Å². The minimum atomic E-state index is 0.366. The molecule has 2 saturated heterocycles. The molecule has 0 saturated carbocycles. The molecule has 0 bridgehead atoms. The number of nitriles is 1. The summed E-state index contributed by atoms with van der Waals surface area (Å²) in [5.74, 6) is 2.01. The molecule has 2 aromatic rings. The minimum absolute atomic E-state index is 0.366. The van der Waals surface area contributed by atoms with E-state index in [4.69, 9.17) is 0 Å². The Morgan fingerprint density at radius 3 is 2.81 bits per heavy atom. The molecule has 3 heterocycles. The fraction of sp³-hybridized carbons (Fsp3) is 0.577. The van der Waals surface area contributed by atoms with Crippen LogP contribution in [0.15, 0.2) is 30.5 Å². The molecular formula is C26H34N4O. The van der Waals surface area contributed by atoms with E-state index in [0.29, 0.717) is 42.1 Å². The maximum Gasteiger partial charge on any atom is 0.146 e. The normalized spacial score (nSPS) is 23.6. The Bertz CT molecular complexity index is 958. The third kappa shape index (κ3) is 5.31. The Hall–Kier alpha value is -2.29. The number of carbonyl (C=O) groups excluding carboxylic acids is 1. The fourth-order valence-corrected chi connectivity index (χ4v) is 5.50. The zero-order chi connectivity index (χ0) is 21.8. The number of piperidine rings is 2. The van der Waals surface area contributed by atoms with Crippen molar-refractivity contribution in [1.82, 2.24) is 14.8 Å². The number of ketones is 1. The van der Waals surface area contributed by atoms with E-state index in [0.717, 1.165) is 49.9 Å². The van der Waals surface area contributed by atoms with Crippen molar-refractivity contribution in [2.75, 3.05) is 39.8 Å². The molecule has 0 spiro atoms. The van der Waals surface area contributed by atoms with Crippen LogP contribution >= 0.6 is 0 Å². The average Bonchev–Trinajstić information content (AvgIpc) is 2.77. The summed E-state index contributed by atoms with van der Waals surface area (Å²) < 4.78 is 0. The van der Waals surface area contributed by atoms with Gasteiger partial charge in [0.05, 0.1) is 17.6 Å². The second-order valence-electron chi connectivity index (χ2n) is 9.77. The van der Waals surface area contributed by atoms with Gasteiger partial charge in [0.25, 0.3) is 0 Å². The lowest BCUT2D eigenvalue weighted by atomic mass is 9.83. The molecule has 0 radical (unpaired) electrons. The van der Waals surface area contributed by atoms with Gasteiger partial charge in [-0.25, -0.2) is 0 Å². The van der Waals surface area contributed by atoms with Crippen molar-refractivity contribution in [3.8, 4) is 6.07 Å². The summed E-state index contributed by atoms with van der Waals surface area (Å²) in [6, 6.07) is 10.3. The van der Waals surface area contributed by atoms with E-state index in [2.05, 4.69) is 47.0 Å². The summed E-state index contributed by atoms with van der Waals surface area (Å²) in [6.07, 6.45) is 7.08. The lowest BCUT2D eigenvalue weighted by molar-refractivity contribution is -0.121. The first-order chi connectivity index (χ1) is 15.0. The standard InChI is InChI=1S/C26H34N4O/c1-19-14-22(24-8-6-21(15-27)26-25(24)4-3-11-28-26)17-30(16-19)18-23(31)7-5-20-9-12-29(2)13-10-20/h3-4,6,8,11,19-20,22H,5,7,9-10,12-14,16-18H2,1-2H3/t19-,22-/m1/s1. The van der Waals surface area contributed by atoms with Gasteiger partial charge in [-0.3, -0.25) is 14.7 Å². The highest BCUT2D eigenvalue weighted by atomic mass is 16.1. The van der Waals surface area contributed by atoms with E-state index >= 15 is 0 Å². The van der Waals surface area contributed by atoms with Gasteiger partial charge in [0.1, 0.15) is 11.9 Å². The molecule has 1 aromatic heterocycles. The van der Waals surface area contributed by atoms with Crippen molar-refractivity contribution in [3.05, 3.63) is 41.6 Å². The van der Waals surface area contributed by atoms with Crippen LogP contribution in [0.3, 0.4) is 0 Å². The second-order valence-corrected chi connectivity index (χ2v) is 9.77. The first-order valence-corrected chi connectivity index (χ1v) is 11.7. The summed E-state index contributed by atoms with van der Waals surface area (Å²) in [5.41, 5.74) is 2.68. The monoisotopic (exact) mass is 418 g/mol. The Balaban J connectivity index is 1.40. The van der Waals surface area contributed by atoms with Crippen LogP contribution in [0, 0.1) is 23.2 Å². The number of likely N-dealkylation sites (tertiary alicyclic amines) is 2. The van der Waals surface area contributed by atoms with Crippen LogP contribution in [-0.4, -0.2) is 60.3 Å². The predicted octanol–water partition coefficient (Wildman–Crippen LogP) is 4.22. The maximum atomic E-state index is 12.8. The maximum absolute atomic E-state index is 12.8. The first-order valence-electron chi connectivity index (χ1n) is 11.7. The molecule has 0 unspecified atom stereocenters. The van der Waals surface area contributed by atoms with Gasteiger partial charge in [-0.15, -0.1) is 0 Å². The average molecular weight is 419 g/mol. The molecule has 1 aromatic carbocycles. The van der Waals surface area contributed by atoms with Crippen molar-refractivity contribution < 1.29 is 4.79 Å². The van der Waals surface area contributed by atoms with Gasteiger partial charge in [0.15, 0.2) is 0 Å². The van der Waals surface area contributed by atoms with E-state index in [1.54, 1.807) is 6.20 Å². The summed E-state index contributed by atoms with van der Waals surface area (Å²) in [5, 5.41) is 10.5. The summed E-state index contributed by atoms with van der Waals surface area (Å²) in [6.45, 7) is 7.07. The number of fused-ring (bicyclic) bond motifs is 1. The lowest BCUT2D eigenvalue weighted by Gasteiger charge is -2.37. The van der Waals surface area contributed by atoms with Gasteiger partial charge in [-0.2, -0.15) is 5.26 Å². The number of aromatic nitrogens is 1. The van der Waals surface area contributed by atoms with E-state index in [1.807, 2.05) is 12.1 Å². The molecule has 2 fully saturated rings. The topological polar surface area (TPSA) is 60.2 Å². The number of hydrogen-bond acceptors (Lipinski definition) is 5. The molecule has 0 amide bonds. The zero-order valence-electron chi connectivity index (χ0n) is 18.9. The van der Waals surface area contributed by atoms with Crippen LogP contribution in [0.1, 0.15) is 56.1 Å². The van der Waals surface area contributed by atoms with Crippen molar-refractivity contribution in [2.45, 2.75) is 44.9 Å². The van der Waals surface area contributed by atoms with Gasteiger partial charge >= 0.3 is 0 Å². The lowest BCUT2D eigenvalue weighted by Crippen LogP contribution is -2.41. The number of rotatable bonds is 6. The quantitative estimate of drug-likeness (QED) is 0.703. The molecular weight excluding hydrogens is 384 g/mol. The number of carbonyl (C=O) groups is 1. The Kier molecular flexibility index (Phi) is 6.99. The SMILES string of the molecule is C[C@@H]1C[C@@H](c2ccc(C#N)c3ncccc23)CN(CC(=O)CCC2CCN(C)CC2)C1. The van der Waals surface area contributed by atoms with Gasteiger partial charge < -0.3 is 4.90 Å². The summed E-state index contributed by atoms with van der Waals surface area (Å²) >= 11 is 0. The number of Topliss-reactive ketones (excluding diaryl/α,β-unsaturated/α-hetero) is 1. The number of pyridine rings is 1. The van der Waals surface area contributed by atoms with Crippen molar-refractivity contribution >= 4 is 16.7 Å². The molecule has 0 aliphatic carbocycles. The second kappa shape index (κ2) is 9.89. The Morgan fingerprint density at radius 2 is 2.03 bits per heavy atom. The summed E-state index contributed by atoms with van der Waals surface area (Å²) in [4.78, 5) is 22.0. The molecule has 31 heavy (non-hydrogen) atoms. The Labute approximate surface area is 186 Å². The predicted molar refractivity (Wildman–Crippen MR) is 124 cm³/mol. The van der Waals surface area contributed by atoms with Gasteiger partial charge in [0, 0.05) is 31.1 Å². The third-order valence-corrected chi connectivity index (χ3v) is 7.17. The molecule has 2 aliphatic heterocycles. The van der Waals surface area contributed by atoms with Gasteiger partial charge in [-0.05, 0) is 81.3 Å². The van der Waals surface area contributed by atoms with Crippen LogP contribution < -0.4 is 0 Å². The van der Waals surface area contributed by atoms with E-state index < -0.39 is 0 Å². The smallest absolute Gasteiger partial charge is 0.146 e. The summed E-state index contributed by atoms with van der Waals surface area (Å²) in [7, 11) is 2.18. The van der Waals surface area contributed by atoms with Crippen LogP contribution in [0.2, 0.25) is 0 Å². The van der Waals surface area contributed by atoms with Crippen LogP contribution in [0.5, 0.6) is 0 Å².